The normalized spacial score (nSPS) is 19.8. The van der Waals surface area contributed by atoms with E-state index in [2.05, 4.69) is 29.7 Å². The second-order valence-corrected chi connectivity index (χ2v) is 12.3. The van der Waals surface area contributed by atoms with Crippen molar-refractivity contribution in [2.45, 2.75) is 116 Å². The summed E-state index contributed by atoms with van der Waals surface area (Å²) in [6.45, 7) is 4.84. The Morgan fingerprint density at radius 2 is 1.45 bits per heavy atom. The second kappa shape index (κ2) is 18.2. The lowest BCUT2D eigenvalue weighted by Gasteiger charge is -2.20. The van der Waals surface area contributed by atoms with E-state index in [0.29, 0.717) is 25.4 Å². The smallest absolute Gasteiger partial charge is 0.220 e. The first kappa shape index (κ1) is 32.3. The molecule has 1 saturated carbocycles. The van der Waals surface area contributed by atoms with Gasteiger partial charge >= 0.3 is 0 Å². The molecular weight excluding hydrogens is 524 g/mol. The van der Waals surface area contributed by atoms with Crippen LogP contribution in [0.15, 0.2) is 48.5 Å². The molecule has 6 nitrogen and oxygen atoms in total. The lowest BCUT2D eigenvalue weighted by atomic mass is 10.0. The van der Waals surface area contributed by atoms with E-state index in [-0.39, 0.29) is 23.8 Å². The quantitative estimate of drug-likeness (QED) is 0.134. The monoisotopic (exact) mass is 578 g/mol. The van der Waals surface area contributed by atoms with Crippen LogP contribution in [0.3, 0.4) is 0 Å². The van der Waals surface area contributed by atoms with E-state index < -0.39 is 6.10 Å². The molecule has 3 unspecified atom stereocenters. The van der Waals surface area contributed by atoms with Crippen molar-refractivity contribution in [3.63, 3.8) is 0 Å². The van der Waals surface area contributed by atoms with Crippen molar-refractivity contribution >= 4 is 5.91 Å². The predicted octanol–water partition coefficient (Wildman–Crippen LogP) is 7.49. The van der Waals surface area contributed by atoms with Crippen LogP contribution in [0.25, 0.3) is 0 Å². The molecule has 42 heavy (non-hydrogen) atoms. The number of aliphatic hydroxyl groups is 1. The molecule has 3 N–H and O–H groups in total. The maximum absolute atomic E-state index is 12.9. The van der Waals surface area contributed by atoms with Crippen molar-refractivity contribution in [2.75, 3.05) is 19.8 Å². The molecule has 232 valence electrons. The molecule has 2 aliphatic rings. The molecule has 1 aliphatic carbocycles. The molecule has 0 spiro atoms. The van der Waals surface area contributed by atoms with Crippen molar-refractivity contribution in [3.8, 4) is 11.5 Å². The Hall–Kier alpha value is -2.57. The highest BCUT2D eigenvalue weighted by Gasteiger charge is 2.54. The van der Waals surface area contributed by atoms with Crippen LogP contribution in [0.5, 0.6) is 11.5 Å². The van der Waals surface area contributed by atoms with E-state index in [0.717, 1.165) is 37.2 Å². The van der Waals surface area contributed by atoms with Crippen molar-refractivity contribution in [2.24, 2.45) is 11.8 Å². The molecule has 1 aliphatic heterocycles. The fourth-order valence-corrected chi connectivity index (χ4v) is 6.30. The Bertz CT molecular complexity index is 1050. The van der Waals surface area contributed by atoms with Gasteiger partial charge < -0.3 is 25.2 Å². The topological polar surface area (TPSA) is 79.8 Å². The summed E-state index contributed by atoms with van der Waals surface area (Å²) in [7, 11) is 0. The number of rotatable bonds is 21. The van der Waals surface area contributed by atoms with Crippen molar-refractivity contribution < 1.29 is 19.4 Å². The van der Waals surface area contributed by atoms with Crippen LogP contribution in [0, 0.1) is 11.8 Å². The van der Waals surface area contributed by atoms with Crippen molar-refractivity contribution in [1.82, 2.24) is 10.6 Å². The first-order valence-corrected chi connectivity index (χ1v) is 16.8. The minimum atomic E-state index is -0.675. The van der Waals surface area contributed by atoms with Gasteiger partial charge in [0.05, 0.1) is 6.10 Å². The zero-order valence-electron chi connectivity index (χ0n) is 25.8. The van der Waals surface area contributed by atoms with Gasteiger partial charge in [0, 0.05) is 31.5 Å². The fourth-order valence-electron chi connectivity index (χ4n) is 6.30. The highest BCUT2D eigenvalue weighted by molar-refractivity contribution is 5.76. The third-order valence-corrected chi connectivity index (χ3v) is 8.89. The van der Waals surface area contributed by atoms with Gasteiger partial charge in [-0.1, -0.05) is 120 Å². The molecular formula is C36H54N2O4. The van der Waals surface area contributed by atoms with Crippen LogP contribution in [0.1, 0.15) is 114 Å². The SMILES string of the molecule is CCCCCCCCCCCCCCCC(=O)NC1C(C(O)c2ccc3c(c2)OCCO3)[C@H]1CNCc1ccccc1. The number of fused-ring (bicyclic) bond motifs is 1. The number of amides is 1. The molecule has 0 bridgehead atoms. The van der Waals surface area contributed by atoms with Crippen LogP contribution in [0.4, 0.5) is 0 Å². The standard InChI is InChI=1S/C36H54N2O4/c1-2-3-4-5-6-7-8-9-10-11-12-13-17-20-33(39)38-35-30(27-37-26-28-18-15-14-16-19-28)34(35)36(40)29-21-22-31-32(25-29)42-24-23-41-31/h14-16,18-19,21-22,25,30,34-37,40H,2-13,17,20,23-24,26-27H2,1H3,(H,38,39)/t30-,34?,35?,36?/m1/s1. The molecule has 1 amide bonds. The number of nitrogens with one attached hydrogen (secondary N) is 2. The average molecular weight is 579 g/mol. The largest absolute Gasteiger partial charge is 0.486 e. The van der Waals surface area contributed by atoms with E-state index in [4.69, 9.17) is 9.47 Å². The lowest BCUT2D eigenvalue weighted by Crippen LogP contribution is -2.29. The lowest BCUT2D eigenvalue weighted by molar-refractivity contribution is -0.121. The number of carbonyl (C=O) groups excluding carboxylic acids is 1. The highest BCUT2D eigenvalue weighted by Crippen LogP contribution is 2.48. The molecule has 2 aromatic rings. The maximum Gasteiger partial charge on any atom is 0.220 e. The third-order valence-electron chi connectivity index (χ3n) is 8.89. The highest BCUT2D eigenvalue weighted by atomic mass is 16.6. The van der Waals surface area contributed by atoms with Gasteiger partial charge in [-0.05, 0) is 35.6 Å². The van der Waals surface area contributed by atoms with E-state index in [1.807, 2.05) is 36.4 Å². The number of aliphatic hydroxyl groups excluding tert-OH is 1. The van der Waals surface area contributed by atoms with Gasteiger partial charge in [0.2, 0.25) is 5.91 Å². The van der Waals surface area contributed by atoms with Crippen molar-refractivity contribution in [1.29, 1.82) is 0 Å². The number of carbonyl (C=O) groups is 1. The van der Waals surface area contributed by atoms with Gasteiger partial charge in [-0.15, -0.1) is 0 Å². The summed E-state index contributed by atoms with van der Waals surface area (Å²) in [4.78, 5) is 12.9. The fraction of sp³-hybridized carbons (Fsp3) is 0.639. The zero-order valence-corrected chi connectivity index (χ0v) is 25.8. The number of hydrogen-bond acceptors (Lipinski definition) is 5. The van der Waals surface area contributed by atoms with Gasteiger partial charge in [0.1, 0.15) is 13.2 Å². The number of hydrogen-bond donors (Lipinski definition) is 3. The van der Waals surface area contributed by atoms with Crippen LogP contribution in [-0.2, 0) is 11.3 Å². The summed E-state index contributed by atoms with van der Waals surface area (Å²) < 4.78 is 11.4. The Morgan fingerprint density at radius 1 is 0.833 bits per heavy atom. The summed E-state index contributed by atoms with van der Waals surface area (Å²) in [6, 6.07) is 16.0. The molecule has 0 radical (unpaired) electrons. The minimum absolute atomic E-state index is 0.0357. The molecule has 2 aromatic carbocycles. The zero-order chi connectivity index (χ0) is 29.4. The molecule has 4 atom stereocenters. The van der Waals surface area contributed by atoms with Gasteiger partial charge in [0.15, 0.2) is 11.5 Å². The van der Waals surface area contributed by atoms with Crippen LogP contribution >= 0.6 is 0 Å². The van der Waals surface area contributed by atoms with Gasteiger partial charge in [-0.3, -0.25) is 4.79 Å². The van der Waals surface area contributed by atoms with E-state index in [9.17, 15) is 9.90 Å². The van der Waals surface area contributed by atoms with Gasteiger partial charge in [-0.2, -0.15) is 0 Å². The van der Waals surface area contributed by atoms with Gasteiger partial charge in [0.25, 0.3) is 0 Å². The predicted molar refractivity (Wildman–Crippen MR) is 170 cm³/mol. The van der Waals surface area contributed by atoms with E-state index in [1.165, 1.54) is 76.2 Å². The summed E-state index contributed by atoms with van der Waals surface area (Å²) in [5, 5.41) is 18.2. The van der Waals surface area contributed by atoms with Crippen LogP contribution in [0.2, 0.25) is 0 Å². The Morgan fingerprint density at radius 3 is 2.12 bits per heavy atom. The first-order chi connectivity index (χ1) is 20.7. The van der Waals surface area contributed by atoms with Crippen LogP contribution < -0.4 is 20.1 Å². The van der Waals surface area contributed by atoms with Crippen molar-refractivity contribution in [3.05, 3.63) is 59.7 Å². The first-order valence-electron chi connectivity index (χ1n) is 16.8. The molecule has 0 aromatic heterocycles. The number of benzene rings is 2. The second-order valence-electron chi connectivity index (χ2n) is 12.3. The Labute approximate surface area is 254 Å². The molecule has 4 rings (SSSR count). The van der Waals surface area contributed by atoms with Gasteiger partial charge in [-0.25, -0.2) is 0 Å². The summed E-state index contributed by atoms with van der Waals surface area (Å²) in [5.74, 6) is 1.64. The van der Waals surface area contributed by atoms with Crippen LogP contribution in [-0.4, -0.2) is 36.8 Å². The summed E-state index contributed by atoms with van der Waals surface area (Å²) in [6.07, 6.45) is 16.8. The molecule has 6 heteroatoms. The minimum Gasteiger partial charge on any atom is -0.486 e. The Balaban J connectivity index is 1.16. The molecule has 1 heterocycles. The number of unbranched alkanes of at least 4 members (excludes halogenated alkanes) is 12. The Kier molecular flexibility index (Phi) is 14.0. The molecule has 0 saturated heterocycles. The van der Waals surface area contributed by atoms with E-state index in [1.54, 1.807) is 0 Å². The number of ether oxygens (including phenoxy) is 2. The average Bonchev–Trinajstić information content (AvgIpc) is 3.70. The van der Waals surface area contributed by atoms with E-state index >= 15 is 0 Å². The third kappa shape index (κ3) is 10.6. The molecule has 1 fully saturated rings. The maximum atomic E-state index is 12.9. The summed E-state index contributed by atoms with van der Waals surface area (Å²) >= 11 is 0. The summed E-state index contributed by atoms with van der Waals surface area (Å²) in [5.41, 5.74) is 2.04.